The number of pyridine rings is 1. The summed E-state index contributed by atoms with van der Waals surface area (Å²) in [6.45, 7) is 1.93. The van der Waals surface area contributed by atoms with Crippen molar-refractivity contribution in [2.75, 3.05) is 12.8 Å². The van der Waals surface area contributed by atoms with Crippen LogP contribution < -0.4 is 10.5 Å². The van der Waals surface area contributed by atoms with Gasteiger partial charge in [0, 0.05) is 16.1 Å². The quantitative estimate of drug-likeness (QED) is 0.734. The summed E-state index contributed by atoms with van der Waals surface area (Å²) < 4.78 is 5.30. The highest BCUT2D eigenvalue weighted by Crippen LogP contribution is 2.37. The zero-order valence-corrected chi connectivity index (χ0v) is 14.6. The van der Waals surface area contributed by atoms with Crippen molar-refractivity contribution in [2.24, 2.45) is 0 Å². The number of hydrogen-bond donors (Lipinski definition) is 1. The van der Waals surface area contributed by atoms with E-state index in [4.69, 9.17) is 22.1 Å². The molecular formula is C20H16ClN3O. The van der Waals surface area contributed by atoms with E-state index in [1.165, 1.54) is 0 Å². The molecule has 2 aromatic carbocycles. The van der Waals surface area contributed by atoms with Gasteiger partial charge in [-0.3, -0.25) is 0 Å². The van der Waals surface area contributed by atoms with Crippen LogP contribution in [0.25, 0.3) is 22.4 Å². The van der Waals surface area contributed by atoms with Gasteiger partial charge in [-0.2, -0.15) is 5.26 Å². The number of nitrogens with zero attached hydrogens (tertiary/aromatic N) is 2. The third kappa shape index (κ3) is 3.15. The van der Waals surface area contributed by atoms with Crippen LogP contribution in [0.1, 0.15) is 11.1 Å². The maximum absolute atomic E-state index is 9.59. The third-order valence-electron chi connectivity index (χ3n) is 4.04. The van der Waals surface area contributed by atoms with Crippen molar-refractivity contribution in [3.05, 3.63) is 64.7 Å². The Hall–Kier alpha value is -3.03. The van der Waals surface area contributed by atoms with Crippen molar-refractivity contribution < 1.29 is 4.74 Å². The molecule has 0 saturated carbocycles. The summed E-state index contributed by atoms with van der Waals surface area (Å²) >= 11 is 6.11. The van der Waals surface area contributed by atoms with E-state index in [0.29, 0.717) is 22.0 Å². The Morgan fingerprint density at radius 1 is 1.12 bits per heavy atom. The molecule has 0 fully saturated rings. The molecule has 0 amide bonds. The molecule has 0 saturated heterocycles. The lowest BCUT2D eigenvalue weighted by atomic mass is 9.92. The van der Waals surface area contributed by atoms with Gasteiger partial charge in [-0.1, -0.05) is 35.9 Å². The molecule has 1 aromatic heterocycles. The molecule has 0 radical (unpaired) electrons. The Labute approximate surface area is 151 Å². The van der Waals surface area contributed by atoms with Gasteiger partial charge in [0.2, 0.25) is 0 Å². The first-order valence-corrected chi connectivity index (χ1v) is 8.03. The summed E-state index contributed by atoms with van der Waals surface area (Å²) in [7, 11) is 1.61. The first kappa shape index (κ1) is 16.8. The normalized spacial score (nSPS) is 10.3. The van der Waals surface area contributed by atoms with Crippen LogP contribution in [0.3, 0.4) is 0 Å². The van der Waals surface area contributed by atoms with E-state index in [1.807, 2.05) is 49.4 Å². The number of ether oxygens (including phenoxy) is 1. The monoisotopic (exact) mass is 349 g/mol. The standard InChI is InChI=1S/C20H16ClN3O/c1-12-18(13-5-4-8-16(10-13)25-2)17(11-22)20(23)24-19(12)14-6-3-7-15(21)9-14/h3-10H,1-2H3,(H2,23,24). The molecule has 0 unspecified atom stereocenters. The minimum atomic E-state index is 0.195. The highest BCUT2D eigenvalue weighted by molar-refractivity contribution is 6.30. The molecule has 2 N–H and O–H groups in total. The molecule has 0 bridgehead atoms. The van der Waals surface area contributed by atoms with Crippen LogP contribution in [0, 0.1) is 18.3 Å². The number of rotatable bonds is 3. The van der Waals surface area contributed by atoms with Crippen LogP contribution in [-0.4, -0.2) is 12.1 Å². The molecular weight excluding hydrogens is 334 g/mol. The van der Waals surface area contributed by atoms with Crippen molar-refractivity contribution in [3.8, 4) is 34.2 Å². The fourth-order valence-corrected chi connectivity index (χ4v) is 3.05. The number of halogens is 1. The van der Waals surface area contributed by atoms with Gasteiger partial charge in [0.15, 0.2) is 0 Å². The van der Waals surface area contributed by atoms with E-state index in [1.54, 1.807) is 13.2 Å². The van der Waals surface area contributed by atoms with E-state index in [-0.39, 0.29) is 5.82 Å². The Bertz CT molecular complexity index is 993. The summed E-state index contributed by atoms with van der Waals surface area (Å²) in [4.78, 5) is 4.45. The van der Waals surface area contributed by atoms with Gasteiger partial charge in [0.1, 0.15) is 23.2 Å². The molecule has 0 aliphatic carbocycles. The average Bonchev–Trinajstić information content (AvgIpc) is 2.63. The topological polar surface area (TPSA) is 71.9 Å². The van der Waals surface area contributed by atoms with Gasteiger partial charge in [-0.15, -0.1) is 0 Å². The molecule has 3 aromatic rings. The van der Waals surface area contributed by atoms with Crippen LogP contribution in [0.5, 0.6) is 5.75 Å². The number of methoxy groups -OCH3 is 1. The number of hydrogen-bond acceptors (Lipinski definition) is 4. The van der Waals surface area contributed by atoms with Crippen molar-refractivity contribution in [3.63, 3.8) is 0 Å². The first-order chi connectivity index (χ1) is 12.0. The van der Waals surface area contributed by atoms with Crippen LogP contribution >= 0.6 is 11.6 Å². The van der Waals surface area contributed by atoms with Gasteiger partial charge in [0.25, 0.3) is 0 Å². The van der Waals surface area contributed by atoms with E-state index in [0.717, 1.165) is 22.3 Å². The largest absolute Gasteiger partial charge is 0.497 e. The predicted molar refractivity (Wildman–Crippen MR) is 101 cm³/mol. The molecule has 3 rings (SSSR count). The number of nitrogens with two attached hydrogens (primary N) is 1. The fourth-order valence-electron chi connectivity index (χ4n) is 2.86. The smallest absolute Gasteiger partial charge is 0.142 e. The van der Waals surface area contributed by atoms with Crippen molar-refractivity contribution in [2.45, 2.75) is 6.92 Å². The van der Waals surface area contributed by atoms with Gasteiger partial charge in [0.05, 0.1) is 12.8 Å². The fraction of sp³-hybridized carbons (Fsp3) is 0.100. The molecule has 4 nitrogen and oxygen atoms in total. The Morgan fingerprint density at radius 3 is 2.52 bits per heavy atom. The second-order valence-corrected chi connectivity index (χ2v) is 6.01. The highest BCUT2D eigenvalue weighted by Gasteiger charge is 2.18. The van der Waals surface area contributed by atoms with Gasteiger partial charge in [-0.25, -0.2) is 4.98 Å². The molecule has 0 spiro atoms. The molecule has 1 heterocycles. The summed E-state index contributed by atoms with van der Waals surface area (Å²) in [6.07, 6.45) is 0. The van der Waals surface area contributed by atoms with Crippen molar-refractivity contribution >= 4 is 17.4 Å². The minimum Gasteiger partial charge on any atom is -0.497 e. The zero-order chi connectivity index (χ0) is 18.0. The Morgan fingerprint density at radius 2 is 1.84 bits per heavy atom. The Balaban J connectivity index is 2.32. The zero-order valence-electron chi connectivity index (χ0n) is 13.9. The van der Waals surface area contributed by atoms with Gasteiger partial charge < -0.3 is 10.5 Å². The lowest BCUT2D eigenvalue weighted by molar-refractivity contribution is 0.415. The number of nitrogen functional groups attached to an aromatic ring is 1. The number of aromatic nitrogens is 1. The predicted octanol–water partition coefficient (Wildman–Crippen LogP) is 4.84. The molecule has 25 heavy (non-hydrogen) atoms. The van der Waals surface area contributed by atoms with Gasteiger partial charge >= 0.3 is 0 Å². The molecule has 0 aliphatic heterocycles. The maximum Gasteiger partial charge on any atom is 0.142 e. The first-order valence-electron chi connectivity index (χ1n) is 7.65. The minimum absolute atomic E-state index is 0.195. The number of anilines is 1. The molecule has 0 atom stereocenters. The molecule has 5 heteroatoms. The number of nitriles is 1. The summed E-state index contributed by atoms with van der Waals surface area (Å²) in [6, 6.07) is 17.1. The van der Waals surface area contributed by atoms with E-state index < -0.39 is 0 Å². The van der Waals surface area contributed by atoms with Crippen LogP contribution in [0.15, 0.2) is 48.5 Å². The average molecular weight is 350 g/mol. The SMILES string of the molecule is COc1cccc(-c2c(C)c(-c3cccc(Cl)c3)nc(N)c2C#N)c1. The van der Waals surface area contributed by atoms with E-state index >= 15 is 0 Å². The van der Waals surface area contributed by atoms with Crippen molar-refractivity contribution in [1.29, 1.82) is 5.26 Å². The lowest BCUT2D eigenvalue weighted by Gasteiger charge is -2.15. The summed E-state index contributed by atoms with van der Waals surface area (Å²) in [5, 5.41) is 10.2. The summed E-state index contributed by atoms with van der Waals surface area (Å²) in [5.41, 5.74) is 10.5. The van der Waals surface area contributed by atoms with Crippen LogP contribution in [0.2, 0.25) is 5.02 Å². The summed E-state index contributed by atoms with van der Waals surface area (Å²) in [5.74, 6) is 0.904. The maximum atomic E-state index is 9.59. The van der Waals surface area contributed by atoms with Gasteiger partial charge in [-0.05, 0) is 42.3 Å². The highest BCUT2D eigenvalue weighted by atomic mass is 35.5. The van der Waals surface area contributed by atoms with E-state index in [2.05, 4.69) is 11.1 Å². The lowest BCUT2D eigenvalue weighted by Crippen LogP contribution is -2.03. The molecule has 0 aliphatic rings. The van der Waals surface area contributed by atoms with Crippen molar-refractivity contribution in [1.82, 2.24) is 4.98 Å². The number of benzene rings is 2. The van der Waals surface area contributed by atoms with Crippen LogP contribution in [-0.2, 0) is 0 Å². The second-order valence-electron chi connectivity index (χ2n) is 5.57. The molecule has 124 valence electrons. The van der Waals surface area contributed by atoms with E-state index in [9.17, 15) is 5.26 Å². The third-order valence-corrected chi connectivity index (χ3v) is 4.27. The van der Waals surface area contributed by atoms with Crippen LogP contribution in [0.4, 0.5) is 5.82 Å². The second kappa shape index (κ2) is 6.84. The Kier molecular flexibility index (Phi) is 4.60.